The van der Waals surface area contributed by atoms with E-state index in [2.05, 4.69) is 4.98 Å². The molecule has 5 nitrogen and oxygen atoms in total. The third-order valence-corrected chi connectivity index (χ3v) is 3.44. The van der Waals surface area contributed by atoms with Gasteiger partial charge < -0.3 is 9.47 Å². The first-order valence-corrected chi connectivity index (χ1v) is 7.80. The first kappa shape index (κ1) is 19.4. The van der Waals surface area contributed by atoms with Crippen LogP contribution in [0.5, 0.6) is 0 Å². The van der Waals surface area contributed by atoms with Gasteiger partial charge in [-0.1, -0.05) is 18.2 Å². The zero-order valence-electron chi connectivity index (χ0n) is 14.1. The number of benzene rings is 1. The SMILES string of the molecule is CCOC(=O)c1cncc(C(=O)OCC)c1-c1ccccc1C(F)(F)F. The van der Waals surface area contributed by atoms with Crippen molar-refractivity contribution in [2.24, 2.45) is 0 Å². The molecule has 1 aromatic carbocycles. The van der Waals surface area contributed by atoms with Crippen LogP contribution in [-0.2, 0) is 15.7 Å². The van der Waals surface area contributed by atoms with Gasteiger partial charge in [0.15, 0.2) is 0 Å². The van der Waals surface area contributed by atoms with Crippen molar-refractivity contribution in [1.29, 1.82) is 0 Å². The van der Waals surface area contributed by atoms with Crippen molar-refractivity contribution < 1.29 is 32.2 Å². The Morgan fingerprint density at radius 2 is 1.46 bits per heavy atom. The minimum Gasteiger partial charge on any atom is -0.462 e. The minimum atomic E-state index is -4.68. The van der Waals surface area contributed by atoms with E-state index in [0.29, 0.717) is 0 Å². The van der Waals surface area contributed by atoms with E-state index >= 15 is 0 Å². The summed E-state index contributed by atoms with van der Waals surface area (Å²) in [7, 11) is 0. The number of halogens is 3. The number of esters is 2. The van der Waals surface area contributed by atoms with Gasteiger partial charge >= 0.3 is 18.1 Å². The minimum absolute atomic E-state index is 0.0167. The van der Waals surface area contributed by atoms with Crippen molar-refractivity contribution in [3.63, 3.8) is 0 Å². The quantitative estimate of drug-likeness (QED) is 0.744. The number of pyridine rings is 1. The summed E-state index contributed by atoms with van der Waals surface area (Å²) >= 11 is 0. The van der Waals surface area contributed by atoms with Gasteiger partial charge in [-0.15, -0.1) is 0 Å². The fourth-order valence-corrected chi connectivity index (χ4v) is 2.43. The number of hydrogen-bond donors (Lipinski definition) is 0. The Morgan fingerprint density at radius 1 is 0.962 bits per heavy atom. The molecule has 1 heterocycles. The smallest absolute Gasteiger partial charge is 0.417 e. The Balaban J connectivity index is 2.81. The van der Waals surface area contributed by atoms with E-state index < -0.39 is 23.7 Å². The predicted molar refractivity (Wildman–Crippen MR) is 86.6 cm³/mol. The van der Waals surface area contributed by atoms with Gasteiger partial charge in [0, 0.05) is 18.0 Å². The highest BCUT2D eigenvalue weighted by atomic mass is 19.4. The number of nitrogens with zero attached hydrogens (tertiary/aromatic N) is 1. The molecule has 2 aromatic rings. The van der Waals surface area contributed by atoms with E-state index in [1.54, 1.807) is 13.8 Å². The third-order valence-electron chi connectivity index (χ3n) is 3.44. The number of carbonyl (C=O) groups is 2. The summed E-state index contributed by atoms with van der Waals surface area (Å²) in [4.78, 5) is 28.3. The standard InChI is InChI=1S/C18H16F3NO4/c1-3-25-16(23)12-9-22-10-13(17(24)26-4-2)15(12)11-7-5-6-8-14(11)18(19,20)21/h5-10H,3-4H2,1-2H3. The van der Waals surface area contributed by atoms with Crippen molar-refractivity contribution in [1.82, 2.24) is 4.98 Å². The molecule has 0 bridgehead atoms. The zero-order chi connectivity index (χ0) is 19.3. The normalized spacial score (nSPS) is 11.1. The maximum atomic E-state index is 13.4. The first-order valence-electron chi connectivity index (χ1n) is 7.80. The molecule has 0 saturated heterocycles. The molecule has 0 aliphatic carbocycles. The van der Waals surface area contributed by atoms with Gasteiger partial charge in [-0.2, -0.15) is 13.2 Å². The summed E-state index contributed by atoms with van der Waals surface area (Å²) in [6, 6.07) is 4.67. The highest BCUT2D eigenvalue weighted by Gasteiger charge is 2.35. The van der Waals surface area contributed by atoms with Gasteiger partial charge in [-0.25, -0.2) is 9.59 Å². The molecule has 0 radical (unpaired) electrons. The predicted octanol–water partition coefficient (Wildman–Crippen LogP) is 4.12. The second-order valence-electron chi connectivity index (χ2n) is 5.09. The van der Waals surface area contributed by atoms with Crippen LogP contribution >= 0.6 is 0 Å². The van der Waals surface area contributed by atoms with Crippen LogP contribution in [0, 0.1) is 0 Å². The van der Waals surface area contributed by atoms with Crippen LogP contribution < -0.4 is 0 Å². The Kier molecular flexibility index (Phi) is 5.97. The van der Waals surface area contributed by atoms with Gasteiger partial charge in [0.1, 0.15) is 0 Å². The van der Waals surface area contributed by atoms with Crippen LogP contribution in [0.25, 0.3) is 11.1 Å². The van der Waals surface area contributed by atoms with Crippen molar-refractivity contribution in [2.75, 3.05) is 13.2 Å². The molecule has 0 fully saturated rings. The molecule has 2 rings (SSSR count). The van der Waals surface area contributed by atoms with E-state index in [4.69, 9.17) is 9.47 Å². The highest BCUT2D eigenvalue weighted by molar-refractivity contribution is 6.06. The second-order valence-corrected chi connectivity index (χ2v) is 5.09. The fraction of sp³-hybridized carbons (Fsp3) is 0.278. The molecule has 1 aromatic heterocycles. The maximum absolute atomic E-state index is 13.4. The molecule has 0 unspecified atom stereocenters. The summed E-state index contributed by atoms with van der Waals surface area (Å²) in [5.41, 5.74) is -2.01. The van der Waals surface area contributed by atoms with Gasteiger partial charge in [0.25, 0.3) is 0 Å². The van der Waals surface area contributed by atoms with Gasteiger partial charge in [0.05, 0.1) is 29.9 Å². The van der Waals surface area contributed by atoms with E-state index in [0.717, 1.165) is 18.5 Å². The molecule has 8 heteroatoms. The van der Waals surface area contributed by atoms with Gasteiger partial charge in [-0.3, -0.25) is 4.98 Å². The molecule has 0 aliphatic rings. The molecule has 0 saturated carbocycles. The van der Waals surface area contributed by atoms with E-state index in [-0.39, 0.29) is 35.5 Å². The lowest BCUT2D eigenvalue weighted by molar-refractivity contribution is -0.137. The van der Waals surface area contributed by atoms with Crippen molar-refractivity contribution in [3.05, 3.63) is 53.3 Å². The molecule has 0 spiro atoms. The molecule has 0 atom stereocenters. The number of rotatable bonds is 5. The summed E-state index contributed by atoms with van der Waals surface area (Å²) < 4.78 is 50.1. The van der Waals surface area contributed by atoms with Crippen LogP contribution in [-0.4, -0.2) is 30.1 Å². The molecule has 138 valence electrons. The van der Waals surface area contributed by atoms with Crippen LogP contribution in [0.3, 0.4) is 0 Å². The van der Waals surface area contributed by atoms with Crippen molar-refractivity contribution in [2.45, 2.75) is 20.0 Å². The molecular formula is C18H16F3NO4. The largest absolute Gasteiger partial charge is 0.462 e. The third kappa shape index (κ3) is 4.01. The highest BCUT2D eigenvalue weighted by Crippen LogP contribution is 2.39. The van der Waals surface area contributed by atoms with Crippen LogP contribution in [0.1, 0.15) is 40.1 Å². The van der Waals surface area contributed by atoms with Crippen molar-refractivity contribution in [3.8, 4) is 11.1 Å². The van der Waals surface area contributed by atoms with Gasteiger partial charge in [0.2, 0.25) is 0 Å². The molecule has 0 N–H and O–H groups in total. The zero-order valence-corrected chi connectivity index (χ0v) is 14.1. The number of alkyl halides is 3. The summed E-state index contributed by atoms with van der Waals surface area (Å²) in [5.74, 6) is -1.75. The van der Waals surface area contributed by atoms with Crippen LogP contribution in [0.4, 0.5) is 13.2 Å². The molecule has 0 aliphatic heterocycles. The van der Waals surface area contributed by atoms with E-state index in [1.165, 1.54) is 18.2 Å². The molecule has 0 amide bonds. The lowest BCUT2D eigenvalue weighted by Crippen LogP contribution is -2.15. The van der Waals surface area contributed by atoms with Crippen LogP contribution in [0.15, 0.2) is 36.7 Å². The lowest BCUT2D eigenvalue weighted by atomic mass is 9.92. The van der Waals surface area contributed by atoms with E-state index in [9.17, 15) is 22.8 Å². The summed E-state index contributed by atoms with van der Waals surface area (Å²) in [6.07, 6.45) is -2.54. The lowest BCUT2D eigenvalue weighted by Gasteiger charge is -2.17. The second kappa shape index (κ2) is 7.99. The van der Waals surface area contributed by atoms with Crippen LogP contribution in [0.2, 0.25) is 0 Å². The Hall–Kier alpha value is -2.90. The number of aromatic nitrogens is 1. The summed E-state index contributed by atoms with van der Waals surface area (Å²) in [6.45, 7) is 3.15. The van der Waals surface area contributed by atoms with Gasteiger partial charge in [-0.05, 0) is 25.5 Å². The Bertz CT molecular complexity index is 782. The summed E-state index contributed by atoms with van der Waals surface area (Å²) in [5, 5.41) is 0. The van der Waals surface area contributed by atoms with E-state index in [1.807, 2.05) is 0 Å². The molecule has 26 heavy (non-hydrogen) atoms. The average molecular weight is 367 g/mol. The number of ether oxygens (including phenoxy) is 2. The topological polar surface area (TPSA) is 65.5 Å². The average Bonchev–Trinajstić information content (AvgIpc) is 2.60. The Morgan fingerprint density at radius 3 is 1.92 bits per heavy atom. The number of carbonyl (C=O) groups excluding carboxylic acids is 2. The monoisotopic (exact) mass is 367 g/mol. The number of hydrogen-bond acceptors (Lipinski definition) is 5. The van der Waals surface area contributed by atoms with Crippen molar-refractivity contribution >= 4 is 11.9 Å². The Labute approximate surface area is 147 Å². The first-order chi connectivity index (χ1) is 12.3. The maximum Gasteiger partial charge on any atom is 0.417 e. The molecular weight excluding hydrogens is 351 g/mol. The fourth-order valence-electron chi connectivity index (χ4n) is 2.43.